The average Bonchev–Trinajstić information content (AvgIpc) is 2.42. The standard InChI is InChI=1S/C12H5Cl4NO4/c1-3(18)21-17-4-2-5(19)6-7(12(4)20)9(14)11(16)10(15)8(6)13/h2H2,1H3. The summed E-state index contributed by atoms with van der Waals surface area (Å²) in [4.78, 5) is 39.5. The monoisotopic (exact) mass is 367 g/mol. The van der Waals surface area contributed by atoms with Crippen LogP contribution in [0.25, 0.3) is 0 Å². The number of oxime groups is 1. The number of halogens is 4. The third-order valence-corrected chi connectivity index (χ3v) is 4.45. The van der Waals surface area contributed by atoms with Crippen molar-refractivity contribution in [3.05, 3.63) is 31.2 Å². The fourth-order valence-corrected chi connectivity index (χ4v) is 2.81. The second-order valence-corrected chi connectivity index (χ2v) is 5.57. The third-order valence-electron chi connectivity index (χ3n) is 2.65. The number of hydrogen-bond donors (Lipinski definition) is 0. The first-order chi connectivity index (χ1) is 9.75. The third kappa shape index (κ3) is 2.79. The summed E-state index contributed by atoms with van der Waals surface area (Å²) in [5, 5.41) is 2.76. The van der Waals surface area contributed by atoms with Gasteiger partial charge in [-0.25, -0.2) is 4.79 Å². The summed E-state index contributed by atoms with van der Waals surface area (Å²) in [5.74, 6) is -1.95. The van der Waals surface area contributed by atoms with E-state index in [-0.39, 0.29) is 43.3 Å². The van der Waals surface area contributed by atoms with Crippen molar-refractivity contribution in [2.75, 3.05) is 0 Å². The Morgan fingerprint density at radius 1 is 1.00 bits per heavy atom. The van der Waals surface area contributed by atoms with Gasteiger partial charge in [0.05, 0.1) is 37.6 Å². The molecule has 5 nitrogen and oxygen atoms in total. The fraction of sp³-hybridized carbons (Fsp3) is 0.167. The van der Waals surface area contributed by atoms with Gasteiger partial charge in [-0.1, -0.05) is 51.6 Å². The number of carbonyl (C=O) groups is 3. The van der Waals surface area contributed by atoms with Gasteiger partial charge in [0, 0.05) is 6.92 Å². The molecule has 0 fully saturated rings. The molecule has 0 atom stereocenters. The van der Waals surface area contributed by atoms with Crippen LogP contribution in [0.3, 0.4) is 0 Å². The number of benzene rings is 1. The molecule has 0 heterocycles. The highest BCUT2D eigenvalue weighted by Gasteiger charge is 2.36. The molecule has 0 bridgehead atoms. The van der Waals surface area contributed by atoms with Crippen molar-refractivity contribution in [3.63, 3.8) is 0 Å². The van der Waals surface area contributed by atoms with Crippen LogP contribution in [-0.2, 0) is 9.63 Å². The van der Waals surface area contributed by atoms with E-state index in [9.17, 15) is 14.4 Å². The summed E-state index contributed by atoms with van der Waals surface area (Å²) >= 11 is 23.6. The Kier molecular flexibility index (Phi) is 4.58. The molecule has 0 saturated carbocycles. The van der Waals surface area contributed by atoms with Gasteiger partial charge in [0.2, 0.25) is 5.78 Å². The molecule has 1 aliphatic carbocycles. The van der Waals surface area contributed by atoms with Crippen LogP contribution in [0.4, 0.5) is 0 Å². The number of hydrogen-bond acceptors (Lipinski definition) is 5. The highest BCUT2D eigenvalue weighted by atomic mass is 35.5. The molecule has 1 aromatic rings. The maximum absolute atomic E-state index is 12.3. The largest absolute Gasteiger partial charge is 0.331 e. The summed E-state index contributed by atoms with van der Waals surface area (Å²) in [6.45, 7) is 1.10. The smallest absolute Gasteiger partial charge is 0.318 e. The molecular weight excluding hydrogens is 364 g/mol. The van der Waals surface area contributed by atoms with Gasteiger partial charge in [-0.3, -0.25) is 9.59 Å². The van der Waals surface area contributed by atoms with Gasteiger partial charge in [0.15, 0.2) is 5.78 Å². The summed E-state index contributed by atoms with van der Waals surface area (Å²) in [7, 11) is 0. The number of nitrogens with zero attached hydrogens (tertiary/aromatic N) is 1. The van der Waals surface area contributed by atoms with Gasteiger partial charge >= 0.3 is 5.97 Å². The molecule has 0 unspecified atom stereocenters. The quantitative estimate of drug-likeness (QED) is 0.325. The molecule has 0 radical (unpaired) electrons. The number of Topliss-reactive ketones (excluding diaryl/α,β-unsaturated/α-hetero) is 2. The Labute approximate surface area is 138 Å². The summed E-state index contributed by atoms with van der Waals surface area (Å²) in [6, 6.07) is 0. The van der Waals surface area contributed by atoms with E-state index in [1.54, 1.807) is 0 Å². The van der Waals surface area contributed by atoms with Crippen molar-refractivity contribution in [1.29, 1.82) is 0 Å². The van der Waals surface area contributed by atoms with Crippen LogP contribution in [0.5, 0.6) is 0 Å². The predicted octanol–water partition coefficient (Wildman–Crippen LogP) is 3.99. The fourth-order valence-electron chi connectivity index (χ4n) is 1.76. The second-order valence-electron chi connectivity index (χ2n) is 4.06. The number of fused-ring (bicyclic) bond motifs is 1. The normalized spacial score (nSPS) is 16.1. The highest BCUT2D eigenvalue weighted by molar-refractivity contribution is 6.60. The van der Waals surface area contributed by atoms with Crippen LogP contribution < -0.4 is 0 Å². The van der Waals surface area contributed by atoms with Gasteiger partial charge in [-0.2, -0.15) is 0 Å². The van der Waals surface area contributed by atoms with Crippen LogP contribution in [0, 0.1) is 0 Å². The Morgan fingerprint density at radius 3 is 2.05 bits per heavy atom. The average molecular weight is 369 g/mol. The molecule has 1 aliphatic rings. The molecule has 0 spiro atoms. The van der Waals surface area contributed by atoms with Crippen molar-refractivity contribution in [1.82, 2.24) is 0 Å². The van der Waals surface area contributed by atoms with Crippen molar-refractivity contribution >= 4 is 69.7 Å². The number of rotatable bonds is 1. The lowest BCUT2D eigenvalue weighted by molar-refractivity contribution is -0.140. The van der Waals surface area contributed by atoms with E-state index in [0.717, 1.165) is 6.92 Å². The maximum atomic E-state index is 12.3. The number of ketones is 2. The molecule has 0 saturated heterocycles. The first-order valence-electron chi connectivity index (χ1n) is 5.44. The molecule has 21 heavy (non-hydrogen) atoms. The lowest BCUT2D eigenvalue weighted by atomic mass is 9.88. The van der Waals surface area contributed by atoms with Gasteiger partial charge in [-0.05, 0) is 0 Å². The molecule has 110 valence electrons. The summed E-state index contributed by atoms with van der Waals surface area (Å²) in [6.07, 6.45) is -0.382. The Bertz CT molecular complexity index is 727. The molecule has 0 amide bonds. The minimum atomic E-state index is -0.730. The lowest BCUT2D eigenvalue weighted by Gasteiger charge is -2.19. The summed E-state index contributed by atoms with van der Waals surface area (Å²) in [5.41, 5.74) is -0.569. The van der Waals surface area contributed by atoms with Crippen molar-refractivity contribution in [3.8, 4) is 0 Å². The van der Waals surface area contributed by atoms with E-state index in [2.05, 4.69) is 9.99 Å². The molecule has 0 aliphatic heterocycles. The van der Waals surface area contributed by atoms with Crippen molar-refractivity contribution in [2.24, 2.45) is 5.16 Å². The first-order valence-corrected chi connectivity index (χ1v) is 6.95. The lowest BCUT2D eigenvalue weighted by Crippen LogP contribution is -2.28. The summed E-state index contributed by atoms with van der Waals surface area (Å²) < 4.78 is 0. The van der Waals surface area contributed by atoms with Crippen LogP contribution in [-0.4, -0.2) is 23.2 Å². The molecule has 2 rings (SSSR count). The van der Waals surface area contributed by atoms with E-state index in [0.29, 0.717) is 0 Å². The first kappa shape index (κ1) is 16.2. The molecule has 0 aromatic heterocycles. The van der Waals surface area contributed by atoms with E-state index in [1.807, 2.05) is 0 Å². The minimum absolute atomic E-state index is 0.108. The number of carbonyl (C=O) groups excluding carboxylic acids is 3. The zero-order valence-corrected chi connectivity index (χ0v) is 13.3. The predicted molar refractivity (Wildman–Crippen MR) is 79.0 cm³/mol. The maximum Gasteiger partial charge on any atom is 0.331 e. The zero-order chi connectivity index (χ0) is 15.9. The van der Waals surface area contributed by atoms with Crippen LogP contribution in [0.1, 0.15) is 34.1 Å². The Hall–Kier alpha value is -1.14. The molecule has 0 N–H and O–H groups in total. The van der Waals surface area contributed by atoms with Crippen LogP contribution >= 0.6 is 46.4 Å². The SMILES string of the molecule is CC(=O)ON=C1CC(=O)c2c(Cl)c(Cl)c(Cl)c(Cl)c2C1=O. The Balaban J connectivity index is 2.67. The van der Waals surface area contributed by atoms with Gasteiger partial charge in [0.25, 0.3) is 0 Å². The van der Waals surface area contributed by atoms with Crippen LogP contribution in [0.2, 0.25) is 20.1 Å². The van der Waals surface area contributed by atoms with Gasteiger partial charge in [0.1, 0.15) is 5.71 Å². The molecule has 9 heteroatoms. The second kappa shape index (κ2) is 5.93. The van der Waals surface area contributed by atoms with Gasteiger partial charge in [-0.15, -0.1) is 0 Å². The Morgan fingerprint density at radius 2 is 1.52 bits per heavy atom. The molecular formula is C12H5Cl4NO4. The van der Waals surface area contributed by atoms with E-state index >= 15 is 0 Å². The zero-order valence-electron chi connectivity index (χ0n) is 10.3. The van der Waals surface area contributed by atoms with Crippen molar-refractivity contribution < 1.29 is 19.2 Å². The van der Waals surface area contributed by atoms with E-state index in [1.165, 1.54) is 0 Å². The topological polar surface area (TPSA) is 72.8 Å². The highest BCUT2D eigenvalue weighted by Crippen LogP contribution is 2.43. The van der Waals surface area contributed by atoms with Crippen LogP contribution in [0.15, 0.2) is 5.16 Å². The minimum Gasteiger partial charge on any atom is -0.318 e. The molecule has 1 aromatic carbocycles. The van der Waals surface area contributed by atoms with E-state index in [4.69, 9.17) is 46.4 Å². The van der Waals surface area contributed by atoms with Crippen molar-refractivity contribution in [2.45, 2.75) is 13.3 Å². The van der Waals surface area contributed by atoms with Gasteiger partial charge < -0.3 is 4.84 Å². The van der Waals surface area contributed by atoms with E-state index < -0.39 is 17.5 Å².